The first-order valence-electron chi connectivity index (χ1n) is 19.3. The zero-order valence-corrected chi connectivity index (χ0v) is 34.3. The van der Waals surface area contributed by atoms with Crippen molar-refractivity contribution in [3.63, 3.8) is 0 Å². The number of esters is 2. The van der Waals surface area contributed by atoms with Gasteiger partial charge in [-0.15, -0.1) is 0 Å². The second-order valence-electron chi connectivity index (χ2n) is 12.8. The Kier molecular flexibility index (Phi) is 33.2. The van der Waals surface area contributed by atoms with Crippen LogP contribution in [0.25, 0.3) is 0 Å². The molecule has 0 aromatic heterocycles. The van der Waals surface area contributed by atoms with Crippen LogP contribution in [0.5, 0.6) is 5.75 Å². The smallest absolute Gasteiger partial charge is 0.313 e. The van der Waals surface area contributed by atoms with Gasteiger partial charge in [0.05, 0.1) is 171 Å². The fourth-order valence-electron chi connectivity index (χ4n) is 4.06. The van der Waals surface area contributed by atoms with E-state index in [1.807, 2.05) is 20.8 Å². The van der Waals surface area contributed by atoms with Crippen LogP contribution in [0.2, 0.25) is 0 Å². The van der Waals surface area contributed by atoms with E-state index in [4.69, 9.17) is 61.6 Å². The number of carbonyl (C=O) groups excluding carboxylic acids is 2. The van der Waals surface area contributed by atoms with Crippen molar-refractivity contribution >= 4 is 11.9 Å². The lowest BCUT2D eigenvalue weighted by atomic mass is 10.2. The second kappa shape index (κ2) is 36.0. The van der Waals surface area contributed by atoms with Crippen molar-refractivity contribution in [2.75, 3.05) is 159 Å². The normalized spacial score (nSPS) is 11.7. The Morgan fingerprint density at radius 1 is 0.339 bits per heavy atom. The molecule has 0 bridgehead atoms. The molecule has 0 amide bonds. The van der Waals surface area contributed by atoms with E-state index in [0.717, 1.165) is 0 Å². The molecule has 0 atom stereocenters. The minimum Gasteiger partial charge on any atom is -0.460 e. The predicted octanol–water partition coefficient (Wildman–Crippen LogP) is 3.61. The monoisotopic (exact) mass is 868 g/mol. The Balaban J connectivity index is 1.71. The van der Waals surface area contributed by atoms with Crippen molar-refractivity contribution in [3.05, 3.63) is 29.1 Å². The maximum Gasteiger partial charge on any atom is 0.313 e. The molecule has 0 saturated heterocycles. The summed E-state index contributed by atoms with van der Waals surface area (Å²) in [6.45, 7) is 13.9. The molecule has 1 aromatic rings. The molecule has 0 aliphatic carbocycles. The van der Waals surface area contributed by atoms with E-state index in [0.29, 0.717) is 132 Å². The molecule has 0 fully saturated rings. The SMILES string of the molecule is CC(C)(C)OC(=O)CCOCCOCCOCCOCCOCCOCCOCCOCCOCCOCCOCCOCCC(=O)Oc1c(F)c(F)c(F)c(F)c1F. The van der Waals surface area contributed by atoms with Crippen LogP contribution in [-0.2, 0) is 71.2 Å². The summed E-state index contributed by atoms with van der Waals surface area (Å²) in [6, 6.07) is 0. The lowest BCUT2D eigenvalue weighted by Crippen LogP contribution is -2.24. The predicted molar refractivity (Wildman–Crippen MR) is 197 cm³/mol. The van der Waals surface area contributed by atoms with Gasteiger partial charge in [-0.3, -0.25) is 9.59 Å². The number of hydrogen-bond donors (Lipinski definition) is 0. The van der Waals surface area contributed by atoms with Gasteiger partial charge < -0.3 is 66.3 Å². The first-order valence-corrected chi connectivity index (χ1v) is 19.3. The molecule has 0 saturated carbocycles. The van der Waals surface area contributed by atoms with Gasteiger partial charge in [0.2, 0.25) is 34.8 Å². The maximum absolute atomic E-state index is 13.6. The van der Waals surface area contributed by atoms with E-state index >= 15 is 0 Å². The second-order valence-corrected chi connectivity index (χ2v) is 12.8. The summed E-state index contributed by atoms with van der Waals surface area (Å²) in [5.74, 6) is -14.5. The summed E-state index contributed by atoms with van der Waals surface area (Å²) in [7, 11) is 0. The molecule has 0 unspecified atom stereocenters. The summed E-state index contributed by atoms with van der Waals surface area (Å²) < 4.78 is 141. The molecule has 0 spiro atoms. The van der Waals surface area contributed by atoms with Crippen LogP contribution in [0.1, 0.15) is 33.6 Å². The zero-order chi connectivity index (χ0) is 43.4. The Labute approximate surface area is 342 Å². The van der Waals surface area contributed by atoms with Gasteiger partial charge in [-0.1, -0.05) is 0 Å². The van der Waals surface area contributed by atoms with Crippen LogP contribution < -0.4 is 4.74 Å². The number of halogens is 5. The average molecular weight is 869 g/mol. The van der Waals surface area contributed by atoms with Crippen LogP contribution in [0.3, 0.4) is 0 Å². The lowest BCUT2D eigenvalue weighted by molar-refractivity contribution is -0.156. The third kappa shape index (κ3) is 30.9. The van der Waals surface area contributed by atoms with Crippen molar-refractivity contribution < 1.29 is 97.9 Å². The van der Waals surface area contributed by atoms with Gasteiger partial charge in [0.25, 0.3) is 0 Å². The molecular weight excluding hydrogens is 807 g/mol. The summed E-state index contributed by atoms with van der Waals surface area (Å²) in [4.78, 5) is 23.2. The van der Waals surface area contributed by atoms with Gasteiger partial charge in [-0.25, -0.2) is 13.2 Å². The fourth-order valence-corrected chi connectivity index (χ4v) is 4.06. The maximum atomic E-state index is 13.6. The summed E-state index contributed by atoms with van der Waals surface area (Å²) in [5, 5.41) is 0. The third-order valence-corrected chi connectivity index (χ3v) is 6.80. The Hall–Kier alpha value is -2.67. The first-order chi connectivity index (χ1) is 28.4. The van der Waals surface area contributed by atoms with E-state index in [9.17, 15) is 31.5 Å². The molecule has 16 nitrogen and oxygen atoms in total. The number of benzene rings is 1. The Bertz CT molecular complexity index is 1200. The van der Waals surface area contributed by atoms with Crippen LogP contribution in [0.15, 0.2) is 0 Å². The van der Waals surface area contributed by atoms with E-state index in [1.165, 1.54) is 0 Å². The van der Waals surface area contributed by atoms with Gasteiger partial charge in [0, 0.05) is 0 Å². The topological polar surface area (TPSA) is 163 Å². The van der Waals surface area contributed by atoms with Gasteiger partial charge in [0.1, 0.15) is 5.60 Å². The molecule has 21 heteroatoms. The van der Waals surface area contributed by atoms with Crippen LogP contribution in [0.4, 0.5) is 22.0 Å². The van der Waals surface area contributed by atoms with Gasteiger partial charge in [-0.05, 0) is 20.8 Å². The third-order valence-electron chi connectivity index (χ3n) is 6.80. The average Bonchev–Trinajstić information content (AvgIpc) is 3.19. The zero-order valence-electron chi connectivity index (χ0n) is 34.3. The van der Waals surface area contributed by atoms with Crippen LogP contribution in [0, 0.1) is 29.1 Å². The summed E-state index contributed by atoms with van der Waals surface area (Å²) >= 11 is 0. The van der Waals surface area contributed by atoms with Crippen LogP contribution >= 0.6 is 0 Å². The highest BCUT2D eigenvalue weighted by Crippen LogP contribution is 2.29. The number of carbonyl (C=O) groups is 2. The molecule has 0 heterocycles. The van der Waals surface area contributed by atoms with Gasteiger partial charge in [-0.2, -0.15) is 8.78 Å². The number of hydrogen-bond acceptors (Lipinski definition) is 16. The van der Waals surface area contributed by atoms with E-state index < -0.39 is 52.8 Å². The first kappa shape index (κ1) is 54.3. The Morgan fingerprint density at radius 3 is 0.780 bits per heavy atom. The molecule has 1 aromatic carbocycles. The molecule has 59 heavy (non-hydrogen) atoms. The minimum absolute atomic E-state index is 0.0737. The highest BCUT2D eigenvalue weighted by atomic mass is 19.2. The minimum atomic E-state index is -2.35. The number of rotatable bonds is 40. The number of ether oxygens (including phenoxy) is 14. The quantitative estimate of drug-likeness (QED) is 0.0235. The van der Waals surface area contributed by atoms with Crippen molar-refractivity contribution in [1.82, 2.24) is 0 Å². The molecular formula is C38H61F5O16. The molecule has 1 rings (SSSR count). The van der Waals surface area contributed by atoms with Gasteiger partial charge in [0.15, 0.2) is 0 Å². The molecule has 344 valence electrons. The van der Waals surface area contributed by atoms with Gasteiger partial charge >= 0.3 is 11.9 Å². The summed E-state index contributed by atoms with van der Waals surface area (Å²) in [5.41, 5.74) is -0.494. The fraction of sp³-hybridized carbons (Fsp3) is 0.789. The van der Waals surface area contributed by atoms with E-state index in [-0.39, 0.29) is 38.8 Å². The van der Waals surface area contributed by atoms with Crippen molar-refractivity contribution in [3.8, 4) is 5.75 Å². The van der Waals surface area contributed by atoms with Crippen LogP contribution in [-0.4, -0.2) is 176 Å². The highest BCUT2D eigenvalue weighted by Gasteiger charge is 2.28. The molecule has 0 aliphatic heterocycles. The molecule has 0 N–H and O–H groups in total. The summed E-state index contributed by atoms with van der Waals surface area (Å²) in [6.07, 6.45) is -0.282. The molecule has 0 aliphatic rings. The van der Waals surface area contributed by atoms with Crippen molar-refractivity contribution in [2.24, 2.45) is 0 Å². The lowest BCUT2D eigenvalue weighted by Gasteiger charge is -2.19. The van der Waals surface area contributed by atoms with E-state index in [2.05, 4.69) is 4.74 Å². The largest absolute Gasteiger partial charge is 0.460 e. The molecule has 0 radical (unpaired) electrons. The highest BCUT2D eigenvalue weighted by molar-refractivity contribution is 5.72. The van der Waals surface area contributed by atoms with Crippen molar-refractivity contribution in [1.29, 1.82) is 0 Å². The Morgan fingerprint density at radius 2 is 0.542 bits per heavy atom. The van der Waals surface area contributed by atoms with Crippen molar-refractivity contribution in [2.45, 2.75) is 39.2 Å². The standard InChI is InChI=1S/C38H61F5O16/c1-38(2,3)59-31(45)5-7-47-9-11-49-13-15-51-17-19-53-21-23-55-25-27-57-29-28-56-26-24-54-22-20-52-18-16-50-14-12-48-10-8-46-6-4-30(44)58-37-35(42)33(40)32(39)34(41)36(37)43/h4-29H2,1-3H3. The van der Waals surface area contributed by atoms with E-state index in [1.54, 1.807) is 0 Å².